The fourth-order valence-electron chi connectivity index (χ4n) is 2.33. The number of thioether (sulfide) groups is 1. The highest BCUT2D eigenvalue weighted by molar-refractivity contribution is 7.98. The molecule has 26 heavy (non-hydrogen) atoms. The highest BCUT2D eigenvalue weighted by Crippen LogP contribution is 2.33. The lowest BCUT2D eigenvalue weighted by Gasteiger charge is -2.06. The molecule has 9 heteroatoms. The first-order valence-corrected chi connectivity index (χ1v) is 8.52. The Labute approximate surface area is 153 Å². The number of nitro groups is 1. The van der Waals surface area contributed by atoms with Crippen LogP contribution in [-0.2, 0) is 5.75 Å². The molecule has 3 aromatic rings. The van der Waals surface area contributed by atoms with E-state index in [-0.39, 0.29) is 5.69 Å². The van der Waals surface area contributed by atoms with Crippen LogP contribution in [0.15, 0.2) is 52.1 Å². The van der Waals surface area contributed by atoms with Crippen molar-refractivity contribution in [2.24, 2.45) is 0 Å². The molecular formula is C17H15N3O5S. The molecule has 8 nitrogen and oxygen atoms in total. The van der Waals surface area contributed by atoms with Gasteiger partial charge in [0.05, 0.1) is 24.7 Å². The van der Waals surface area contributed by atoms with Gasteiger partial charge in [-0.2, -0.15) is 0 Å². The summed E-state index contributed by atoms with van der Waals surface area (Å²) in [4.78, 5) is 10.5. The first kappa shape index (κ1) is 17.7. The molecule has 1 heterocycles. The SMILES string of the molecule is COc1ccc([N+](=O)[O-])cc1CSc1nnc(-c2ccccc2OC)o1. The molecule has 3 rings (SSSR count). The first-order valence-electron chi connectivity index (χ1n) is 7.53. The monoisotopic (exact) mass is 373 g/mol. The lowest BCUT2D eigenvalue weighted by atomic mass is 10.2. The van der Waals surface area contributed by atoms with E-state index in [2.05, 4.69) is 10.2 Å². The summed E-state index contributed by atoms with van der Waals surface area (Å²) in [6, 6.07) is 11.8. The minimum atomic E-state index is -0.444. The minimum Gasteiger partial charge on any atom is -0.496 e. The number of nitrogens with zero attached hydrogens (tertiary/aromatic N) is 3. The van der Waals surface area contributed by atoms with Crippen molar-refractivity contribution >= 4 is 17.4 Å². The molecule has 0 fully saturated rings. The van der Waals surface area contributed by atoms with Crippen molar-refractivity contribution in [3.63, 3.8) is 0 Å². The second kappa shape index (κ2) is 7.87. The summed E-state index contributed by atoms with van der Waals surface area (Å²) in [6.07, 6.45) is 0. The Kier molecular flexibility index (Phi) is 5.37. The van der Waals surface area contributed by atoms with Crippen LogP contribution in [0.3, 0.4) is 0 Å². The highest BCUT2D eigenvalue weighted by Gasteiger charge is 2.16. The second-order valence-electron chi connectivity index (χ2n) is 5.12. The van der Waals surface area contributed by atoms with Crippen LogP contribution < -0.4 is 9.47 Å². The zero-order valence-corrected chi connectivity index (χ0v) is 14.9. The second-order valence-corrected chi connectivity index (χ2v) is 6.04. The van der Waals surface area contributed by atoms with Crippen LogP contribution in [-0.4, -0.2) is 29.3 Å². The first-order chi connectivity index (χ1) is 12.6. The molecule has 0 aliphatic carbocycles. The Balaban J connectivity index is 1.78. The van der Waals surface area contributed by atoms with E-state index in [0.29, 0.717) is 39.5 Å². The average molecular weight is 373 g/mol. The van der Waals surface area contributed by atoms with Crippen LogP contribution in [0, 0.1) is 10.1 Å². The standard InChI is InChI=1S/C17H15N3O5S/c1-23-14-8-7-12(20(21)22)9-11(14)10-26-17-19-18-16(25-17)13-5-3-4-6-15(13)24-2/h3-9H,10H2,1-2H3. The van der Waals surface area contributed by atoms with Crippen molar-refractivity contribution in [1.29, 1.82) is 0 Å². The molecule has 0 unspecified atom stereocenters. The van der Waals surface area contributed by atoms with Gasteiger partial charge in [0.1, 0.15) is 11.5 Å². The van der Waals surface area contributed by atoms with E-state index in [0.717, 1.165) is 0 Å². The normalized spacial score (nSPS) is 10.5. The third-order valence-corrected chi connectivity index (χ3v) is 4.44. The van der Waals surface area contributed by atoms with Crippen molar-refractivity contribution in [3.05, 3.63) is 58.1 Å². The van der Waals surface area contributed by atoms with Gasteiger partial charge in [-0.15, -0.1) is 10.2 Å². The van der Waals surface area contributed by atoms with Gasteiger partial charge in [-0.05, 0) is 18.2 Å². The molecule has 0 aliphatic rings. The number of methoxy groups -OCH3 is 2. The molecule has 0 spiro atoms. The zero-order valence-electron chi connectivity index (χ0n) is 14.0. The molecule has 0 amide bonds. The Bertz CT molecular complexity index is 928. The fraction of sp³-hybridized carbons (Fsp3) is 0.176. The molecule has 1 aromatic heterocycles. The molecule has 0 N–H and O–H groups in total. The predicted molar refractivity (Wildman–Crippen MR) is 95.5 cm³/mol. The van der Waals surface area contributed by atoms with Crippen LogP contribution in [0.1, 0.15) is 5.56 Å². The maximum atomic E-state index is 11.0. The number of aromatic nitrogens is 2. The van der Waals surface area contributed by atoms with Gasteiger partial charge in [0.2, 0.25) is 0 Å². The molecule has 2 aromatic carbocycles. The predicted octanol–water partition coefficient (Wildman–Crippen LogP) is 3.95. The van der Waals surface area contributed by atoms with E-state index < -0.39 is 4.92 Å². The number of benzene rings is 2. The van der Waals surface area contributed by atoms with Crippen LogP contribution >= 0.6 is 11.8 Å². The number of rotatable bonds is 7. The van der Waals surface area contributed by atoms with Crippen molar-refractivity contribution in [2.75, 3.05) is 14.2 Å². The number of non-ortho nitro benzene ring substituents is 1. The number of ether oxygens (including phenoxy) is 2. The van der Waals surface area contributed by atoms with Crippen LogP contribution in [0.4, 0.5) is 5.69 Å². The van der Waals surface area contributed by atoms with Gasteiger partial charge in [-0.25, -0.2) is 0 Å². The topological polar surface area (TPSA) is 101 Å². The molecule has 0 saturated heterocycles. The molecule has 134 valence electrons. The lowest BCUT2D eigenvalue weighted by Crippen LogP contribution is -1.94. The molecular weight excluding hydrogens is 358 g/mol. The van der Waals surface area contributed by atoms with Gasteiger partial charge in [-0.3, -0.25) is 10.1 Å². The number of hydrogen-bond acceptors (Lipinski definition) is 8. The molecule has 0 radical (unpaired) electrons. The van der Waals surface area contributed by atoms with Crippen LogP contribution in [0.2, 0.25) is 0 Å². The largest absolute Gasteiger partial charge is 0.496 e. The van der Waals surface area contributed by atoms with E-state index in [9.17, 15) is 10.1 Å². The maximum absolute atomic E-state index is 11.0. The summed E-state index contributed by atoms with van der Waals surface area (Å²) in [7, 11) is 3.08. The van der Waals surface area contributed by atoms with Crippen molar-refractivity contribution in [2.45, 2.75) is 11.0 Å². The summed E-state index contributed by atoms with van der Waals surface area (Å²) in [6.45, 7) is 0. The summed E-state index contributed by atoms with van der Waals surface area (Å²) in [5.41, 5.74) is 1.37. The molecule has 0 aliphatic heterocycles. The van der Waals surface area contributed by atoms with Crippen molar-refractivity contribution < 1.29 is 18.8 Å². The molecule has 0 atom stereocenters. The Hall–Kier alpha value is -3.07. The third kappa shape index (κ3) is 3.77. The fourth-order valence-corrected chi connectivity index (χ4v) is 3.07. The van der Waals surface area contributed by atoms with Gasteiger partial charge < -0.3 is 13.9 Å². The average Bonchev–Trinajstić information content (AvgIpc) is 3.14. The smallest absolute Gasteiger partial charge is 0.277 e. The Morgan fingerprint density at radius 1 is 1.12 bits per heavy atom. The highest BCUT2D eigenvalue weighted by atomic mass is 32.2. The number of para-hydroxylation sites is 1. The van der Waals surface area contributed by atoms with E-state index in [4.69, 9.17) is 13.9 Å². The number of nitro benzene ring substituents is 1. The van der Waals surface area contributed by atoms with E-state index in [1.165, 1.54) is 31.0 Å². The van der Waals surface area contributed by atoms with Crippen LogP contribution in [0.25, 0.3) is 11.5 Å². The Morgan fingerprint density at radius 3 is 2.62 bits per heavy atom. The quantitative estimate of drug-likeness (QED) is 0.348. The lowest BCUT2D eigenvalue weighted by molar-refractivity contribution is -0.384. The molecule has 0 saturated carbocycles. The number of hydrogen-bond donors (Lipinski definition) is 0. The van der Waals surface area contributed by atoms with E-state index in [1.54, 1.807) is 19.2 Å². The summed E-state index contributed by atoms with van der Waals surface area (Å²) < 4.78 is 16.2. The Morgan fingerprint density at radius 2 is 1.88 bits per heavy atom. The van der Waals surface area contributed by atoms with E-state index >= 15 is 0 Å². The summed E-state index contributed by atoms with van der Waals surface area (Å²) in [5, 5.41) is 19.4. The van der Waals surface area contributed by atoms with Gasteiger partial charge in [0.15, 0.2) is 0 Å². The van der Waals surface area contributed by atoms with Crippen molar-refractivity contribution in [1.82, 2.24) is 10.2 Å². The minimum absolute atomic E-state index is 0.00152. The zero-order chi connectivity index (χ0) is 18.5. The maximum Gasteiger partial charge on any atom is 0.277 e. The van der Waals surface area contributed by atoms with Gasteiger partial charge in [0.25, 0.3) is 16.8 Å². The van der Waals surface area contributed by atoms with Crippen LogP contribution in [0.5, 0.6) is 11.5 Å². The van der Waals surface area contributed by atoms with Gasteiger partial charge in [-0.1, -0.05) is 23.9 Å². The molecule has 0 bridgehead atoms. The summed E-state index contributed by atoms with van der Waals surface area (Å²) in [5.74, 6) is 1.93. The van der Waals surface area contributed by atoms with Gasteiger partial charge in [0, 0.05) is 23.4 Å². The van der Waals surface area contributed by atoms with E-state index in [1.807, 2.05) is 18.2 Å². The third-order valence-electron chi connectivity index (χ3n) is 3.57. The van der Waals surface area contributed by atoms with Crippen molar-refractivity contribution in [3.8, 4) is 23.0 Å². The summed E-state index contributed by atoms with van der Waals surface area (Å²) >= 11 is 1.27. The van der Waals surface area contributed by atoms with Gasteiger partial charge >= 0.3 is 0 Å².